The van der Waals surface area contributed by atoms with Crippen molar-refractivity contribution in [3.05, 3.63) is 59.9 Å². The first-order valence-corrected chi connectivity index (χ1v) is 5.62. The minimum Gasteiger partial charge on any atom is -0.491 e. The first-order valence-electron chi connectivity index (χ1n) is 5.62. The third-order valence-electron chi connectivity index (χ3n) is 2.70. The molecule has 17 heavy (non-hydrogen) atoms. The molecule has 0 atom stereocenters. The van der Waals surface area contributed by atoms with Gasteiger partial charge < -0.3 is 4.74 Å². The summed E-state index contributed by atoms with van der Waals surface area (Å²) in [6, 6.07) is 12.0. The number of aliphatic imine (C=N–C) groups is 1. The normalized spacial score (nSPS) is 14.2. The van der Waals surface area contributed by atoms with E-state index in [1.807, 2.05) is 30.5 Å². The number of hydrogen-bond donors (Lipinski definition) is 0. The van der Waals surface area contributed by atoms with Crippen molar-refractivity contribution < 1.29 is 4.74 Å². The molecule has 0 N–H and O–H groups in total. The molecule has 0 saturated heterocycles. The summed E-state index contributed by atoms with van der Waals surface area (Å²) in [5, 5.41) is 0. The van der Waals surface area contributed by atoms with E-state index in [0.29, 0.717) is 13.2 Å². The zero-order valence-corrected chi connectivity index (χ0v) is 9.34. The van der Waals surface area contributed by atoms with E-state index < -0.39 is 0 Å². The molecule has 0 unspecified atom stereocenters. The molecule has 1 aliphatic heterocycles. The summed E-state index contributed by atoms with van der Waals surface area (Å²) in [6.07, 6.45) is 3.55. The third kappa shape index (κ3) is 1.91. The molecule has 1 aromatic heterocycles. The van der Waals surface area contributed by atoms with Gasteiger partial charge in [-0.1, -0.05) is 30.3 Å². The van der Waals surface area contributed by atoms with Crippen LogP contribution >= 0.6 is 0 Å². The minimum atomic E-state index is 0.618. The zero-order valence-electron chi connectivity index (χ0n) is 9.34. The summed E-state index contributed by atoms with van der Waals surface area (Å²) in [4.78, 5) is 8.74. The van der Waals surface area contributed by atoms with Crippen molar-refractivity contribution in [1.82, 2.24) is 4.98 Å². The van der Waals surface area contributed by atoms with E-state index in [2.05, 4.69) is 22.1 Å². The van der Waals surface area contributed by atoms with Crippen molar-refractivity contribution in [1.29, 1.82) is 0 Å². The number of fused-ring (bicyclic) bond motifs is 1. The average Bonchev–Trinajstić information content (AvgIpc) is 2.62. The summed E-state index contributed by atoms with van der Waals surface area (Å²) >= 11 is 0. The van der Waals surface area contributed by atoms with Gasteiger partial charge in [-0.15, -0.1) is 0 Å². The van der Waals surface area contributed by atoms with Gasteiger partial charge >= 0.3 is 0 Å². The van der Waals surface area contributed by atoms with Crippen molar-refractivity contribution in [2.75, 3.05) is 13.2 Å². The van der Waals surface area contributed by atoms with Gasteiger partial charge in [0.1, 0.15) is 12.4 Å². The van der Waals surface area contributed by atoms with Crippen molar-refractivity contribution in [3.8, 4) is 5.75 Å². The zero-order chi connectivity index (χ0) is 11.5. The fraction of sp³-hybridized carbons (Fsp3) is 0.143. The molecule has 1 aromatic carbocycles. The number of pyridine rings is 1. The van der Waals surface area contributed by atoms with E-state index >= 15 is 0 Å². The molecule has 0 aliphatic carbocycles. The van der Waals surface area contributed by atoms with E-state index in [0.717, 1.165) is 22.6 Å². The fourth-order valence-corrected chi connectivity index (χ4v) is 1.93. The number of aromatic nitrogens is 1. The number of nitrogens with zero attached hydrogens (tertiary/aromatic N) is 2. The van der Waals surface area contributed by atoms with E-state index in [4.69, 9.17) is 4.74 Å². The maximum atomic E-state index is 5.65. The highest BCUT2D eigenvalue weighted by atomic mass is 16.5. The molecule has 0 radical (unpaired) electrons. The second kappa shape index (κ2) is 4.37. The molecule has 3 nitrogen and oxygen atoms in total. The molecule has 3 rings (SSSR count). The molecule has 0 fully saturated rings. The van der Waals surface area contributed by atoms with Crippen LogP contribution in [0, 0.1) is 0 Å². The maximum Gasteiger partial charge on any atom is 0.131 e. The summed E-state index contributed by atoms with van der Waals surface area (Å²) in [6.45, 7) is 1.30. The first-order chi connectivity index (χ1) is 8.45. The van der Waals surface area contributed by atoms with Crippen molar-refractivity contribution in [3.63, 3.8) is 0 Å². The van der Waals surface area contributed by atoms with Gasteiger partial charge in [-0.2, -0.15) is 0 Å². The minimum absolute atomic E-state index is 0.618. The van der Waals surface area contributed by atoms with Gasteiger partial charge in [-0.3, -0.25) is 9.98 Å². The van der Waals surface area contributed by atoms with Crippen LogP contribution in [0.15, 0.2) is 53.8 Å². The predicted octanol–water partition coefficient (Wildman–Crippen LogP) is 2.31. The van der Waals surface area contributed by atoms with Gasteiger partial charge in [0, 0.05) is 18.0 Å². The molecule has 0 spiro atoms. The number of rotatable bonds is 1. The van der Waals surface area contributed by atoms with Crippen LogP contribution in [-0.4, -0.2) is 23.8 Å². The Morgan fingerprint density at radius 2 is 1.94 bits per heavy atom. The summed E-state index contributed by atoms with van der Waals surface area (Å²) in [5.41, 5.74) is 3.04. The number of benzene rings is 1. The molecular formula is C14H12N2O. The Hall–Kier alpha value is -2.16. The van der Waals surface area contributed by atoms with Gasteiger partial charge in [0.05, 0.1) is 17.8 Å². The van der Waals surface area contributed by atoms with Crippen LogP contribution in [0.2, 0.25) is 0 Å². The maximum absolute atomic E-state index is 5.65. The standard InChI is InChI=1S/C14H12N2O/c1-2-4-11(5-3-1)14-12-10-15-7-6-13(12)17-9-8-16-14/h1-7,10H,8-9H2. The van der Waals surface area contributed by atoms with E-state index in [9.17, 15) is 0 Å². The van der Waals surface area contributed by atoms with Crippen LogP contribution < -0.4 is 4.74 Å². The molecule has 0 amide bonds. The topological polar surface area (TPSA) is 34.5 Å². The highest BCUT2D eigenvalue weighted by Gasteiger charge is 2.15. The van der Waals surface area contributed by atoms with Gasteiger partial charge in [-0.05, 0) is 6.07 Å². The molecule has 0 saturated carbocycles. The lowest BCUT2D eigenvalue weighted by molar-refractivity contribution is 0.331. The van der Waals surface area contributed by atoms with Crippen LogP contribution in [0.5, 0.6) is 5.75 Å². The summed E-state index contributed by atoms with van der Waals surface area (Å²) < 4.78 is 5.65. The average molecular weight is 224 g/mol. The lowest BCUT2D eigenvalue weighted by atomic mass is 10.0. The molecule has 84 valence electrons. The Bertz CT molecular complexity index is 549. The molecule has 0 bridgehead atoms. The fourth-order valence-electron chi connectivity index (χ4n) is 1.93. The number of hydrogen-bond acceptors (Lipinski definition) is 3. The second-order valence-electron chi connectivity index (χ2n) is 3.82. The first kappa shape index (κ1) is 10.0. The number of ether oxygens (including phenoxy) is 1. The van der Waals surface area contributed by atoms with Crippen LogP contribution in [-0.2, 0) is 0 Å². The summed E-state index contributed by atoms with van der Waals surface area (Å²) in [7, 11) is 0. The largest absolute Gasteiger partial charge is 0.491 e. The van der Waals surface area contributed by atoms with E-state index in [-0.39, 0.29) is 0 Å². The Balaban J connectivity index is 2.14. The van der Waals surface area contributed by atoms with Crippen molar-refractivity contribution in [2.45, 2.75) is 0 Å². The molecule has 3 heteroatoms. The summed E-state index contributed by atoms with van der Waals surface area (Å²) in [5.74, 6) is 0.861. The van der Waals surface area contributed by atoms with Crippen LogP contribution in [0.25, 0.3) is 0 Å². The lowest BCUT2D eigenvalue weighted by Gasteiger charge is -2.08. The Labute approximate surface area is 99.8 Å². The quantitative estimate of drug-likeness (QED) is 0.745. The van der Waals surface area contributed by atoms with Gasteiger partial charge in [0.15, 0.2) is 0 Å². The van der Waals surface area contributed by atoms with E-state index in [1.54, 1.807) is 6.20 Å². The molecular weight excluding hydrogens is 212 g/mol. The van der Waals surface area contributed by atoms with Gasteiger partial charge in [0.25, 0.3) is 0 Å². The van der Waals surface area contributed by atoms with Crippen LogP contribution in [0.1, 0.15) is 11.1 Å². The van der Waals surface area contributed by atoms with Crippen molar-refractivity contribution >= 4 is 5.71 Å². The van der Waals surface area contributed by atoms with E-state index in [1.165, 1.54) is 0 Å². The smallest absolute Gasteiger partial charge is 0.131 e. The predicted molar refractivity (Wildman–Crippen MR) is 66.7 cm³/mol. The highest BCUT2D eigenvalue weighted by molar-refractivity contribution is 6.14. The Morgan fingerprint density at radius 1 is 1.06 bits per heavy atom. The molecule has 2 heterocycles. The van der Waals surface area contributed by atoms with Gasteiger partial charge in [-0.25, -0.2) is 0 Å². The lowest BCUT2D eigenvalue weighted by Crippen LogP contribution is -2.04. The highest BCUT2D eigenvalue weighted by Crippen LogP contribution is 2.23. The SMILES string of the molecule is c1ccc(C2=NCCOc3ccncc32)cc1. The van der Waals surface area contributed by atoms with Crippen LogP contribution in [0.3, 0.4) is 0 Å². The van der Waals surface area contributed by atoms with Crippen LogP contribution in [0.4, 0.5) is 0 Å². The molecule has 2 aromatic rings. The van der Waals surface area contributed by atoms with Crippen molar-refractivity contribution in [2.24, 2.45) is 4.99 Å². The van der Waals surface area contributed by atoms with Gasteiger partial charge in [0.2, 0.25) is 0 Å². The monoisotopic (exact) mass is 224 g/mol. The second-order valence-corrected chi connectivity index (χ2v) is 3.82. The third-order valence-corrected chi connectivity index (χ3v) is 2.70. The Morgan fingerprint density at radius 3 is 2.82 bits per heavy atom. The Kier molecular flexibility index (Phi) is 2.58. The molecule has 1 aliphatic rings.